The van der Waals surface area contributed by atoms with Crippen LogP contribution in [0.5, 0.6) is 0 Å². The molecule has 0 atom stereocenters. The Balaban J connectivity index is 0.000000257. The van der Waals surface area contributed by atoms with Crippen LogP contribution in [-0.4, -0.2) is 6.16 Å². The second kappa shape index (κ2) is 7.86. The largest absolute Gasteiger partial charge is 0.416 e. The number of hydrogen-bond donors (Lipinski definition) is 2. The summed E-state index contributed by atoms with van der Waals surface area (Å²) in [5, 5.41) is 1.71. The highest BCUT2D eigenvalue weighted by atomic mass is 19.4. The van der Waals surface area contributed by atoms with Gasteiger partial charge in [0.05, 0.1) is 11.1 Å². The summed E-state index contributed by atoms with van der Waals surface area (Å²) in [5.41, 5.74) is 3.98. The van der Waals surface area contributed by atoms with E-state index in [9.17, 15) is 35.5 Å². The van der Waals surface area contributed by atoms with Crippen LogP contribution in [0.3, 0.4) is 0 Å². The minimum Gasteiger partial charge on any atom is -0.399 e. The lowest BCUT2D eigenvalue weighted by molar-refractivity contribution is -0.138. The van der Waals surface area contributed by atoms with Gasteiger partial charge in [0.1, 0.15) is 0 Å². The Morgan fingerprint density at radius 1 is 0.760 bits per heavy atom. The number of alkyl halides is 6. The molecule has 3 N–H and O–H groups in total. The summed E-state index contributed by atoms with van der Waals surface area (Å²) in [6.07, 6.45) is -10.5. The molecule has 0 aliphatic heterocycles. The van der Waals surface area contributed by atoms with Crippen molar-refractivity contribution in [3.63, 3.8) is 0 Å². The third-order valence-electron chi connectivity index (χ3n) is 2.69. The summed E-state index contributed by atoms with van der Waals surface area (Å²) in [7, 11) is 0. The Labute approximate surface area is 137 Å². The van der Waals surface area contributed by atoms with Gasteiger partial charge in [-0.05, 0) is 48.5 Å². The van der Waals surface area contributed by atoms with Crippen LogP contribution in [0.2, 0.25) is 0 Å². The highest BCUT2D eigenvalue weighted by molar-refractivity contribution is 5.83. The predicted molar refractivity (Wildman–Crippen MR) is 77.4 cm³/mol. The van der Waals surface area contributed by atoms with Gasteiger partial charge in [0.25, 0.3) is 0 Å². The van der Waals surface area contributed by atoms with E-state index in [0.29, 0.717) is 5.69 Å². The quantitative estimate of drug-likeness (QED) is 0.302. The number of carbonyl (C=O) groups is 1. The number of anilines is 2. The van der Waals surface area contributed by atoms with Gasteiger partial charge in [-0.25, -0.2) is 4.79 Å². The van der Waals surface area contributed by atoms with Crippen molar-refractivity contribution in [2.75, 3.05) is 11.1 Å². The van der Waals surface area contributed by atoms with Crippen LogP contribution in [0.1, 0.15) is 11.1 Å². The fraction of sp³-hybridized carbons (Fsp3) is 0.133. The molecule has 136 valence electrons. The van der Waals surface area contributed by atoms with Gasteiger partial charge in [0, 0.05) is 11.4 Å². The molecule has 0 aromatic heterocycles. The van der Waals surface area contributed by atoms with E-state index in [1.807, 2.05) is 0 Å². The molecule has 0 fully saturated rings. The van der Waals surface area contributed by atoms with Crippen LogP contribution in [0.25, 0.3) is 0 Å². The summed E-state index contributed by atoms with van der Waals surface area (Å²) >= 11 is 0. The Hall–Kier alpha value is -2.78. The molecule has 0 aliphatic rings. The predicted octanol–water partition coefficient (Wildman–Crippen LogP) is 5.49. The smallest absolute Gasteiger partial charge is 0.399 e. The molecule has 0 unspecified atom stereocenters. The summed E-state index contributed by atoms with van der Waals surface area (Å²) in [5.74, 6) is 0. The number of halogens is 7. The summed E-state index contributed by atoms with van der Waals surface area (Å²) in [6, 6.07) is 7.81. The van der Waals surface area contributed by atoms with E-state index in [4.69, 9.17) is 5.73 Å². The van der Waals surface area contributed by atoms with E-state index in [1.54, 1.807) is 5.32 Å². The number of rotatable bonds is 1. The van der Waals surface area contributed by atoms with E-state index in [1.165, 1.54) is 12.1 Å². The van der Waals surface area contributed by atoms with Gasteiger partial charge >= 0.3 is 18.5 Å². The molecule has 0 heterocycles. The number of nitrogen functional groups attached to an aromatic ring is 1. The van der Waals surface area contributed by atoms with Crippen molar-refractivity contribution in [1.82, 2.24) is 0 Å². The van der Waals surface area contributed by atoms with E-state index in [-0.39, 0.29) is 5.69 Å². The van der Waals surface area contributed by atoms with Gasteiger partial charge in [-0.2, -0.15) is 26.3 Å². The van der Waals surface area contributed by atoms with Gasteiger partial charge in [-0.3, -0.25) is 5.32 Å². The molecular weight excluding hydrogens is 357 g/mol. The van der Waals surface area contributed by atoms with E-state index >= 15 is 0 Å². The van der Waals surface area contributed by atoms with Crippen molar-refractivity contribution in [3.8, 4) is 0 Å². The number of carbonyl (C=O) groups excluding carboxylic acids is 1. The first kappa shape index (κ1) is 20.3. The molecule has 1 amide bonds. The number of amides is 1. The topological polar surface area (TPSA) is 55.1 Å². The lowest BCUT2D eigenvalue weighted by Gasteiger charge is -2.06. The molecule has 0 bridgehead atoms. The van der Waals surface area contributed by atoms with Crippen molar-refractivity contribution in [1.29, 1.82) is 0 Å². The minimum atomic E-state index is -4.43. The molecule has 3 nitrogen and oxygen atoms in total. The number of nitrogens with two attached hydrogens (primary N) is 1. The van der Waals surface area contributed by atoms with Crippen molar-refractivity contribution >= 4 is 17.5 Å². The Morgan fingerprint density at radius 2 is 1.12 bits per heavy atom. The maximum absolute atomic E-state index is 12.0. The highest BCUT2D eigenvalue weighted by Crippen LogP contribution is 2.30. The zero-order valence-electron chi connectivity index (χ0n) is 12.3. The van der Waals surface area contributed by atoms with Crippen molar-refractivity contribution in [2.45, 2.75) is 12.4 Å². The third-order valence-corrected chi connectivity index (χ3v) is 2.69. The zero-order valence-corrected chi connectivity index (χ0v) is 12.3. The lowest BCUT2D eigenvalue weighted by atomic mass is 10.2. The summed E-state index contributed by atoms with van der Waals surface area (Å²) < 4.78 is 83.4. The minimum absolute atomic E-state index is 0.0227. The maximum Gasteiger partial charge on any atom is 0.416 e. The van der Waals surface area contributed by atoms with Crippen LogP contribution in [0.4, 0.5) is 46.9 Å². The van der Waals surface area contributed by atoms with E-state index < -0.39 is 29.6 Å². The zero-order chi connectivity index (χ0) is 19.3. The molecule has 2 aromatic carbocycles. The second-order valence-electron chi connectivity index (χ2n) is 4.59. The van der Waals surface area contributed by atoms with Crippen molar-refractivity contribution in [3.05, 3.63) is 59.7 Å². The van der Waals surface area contributed by atoms with Gasteiger partial charge in [0.2, 0.25) is 0 Å². The molecular formula is C15H11F7N2O. The molecule has 2 rings (SSSR count). The Morgan fingerprint density at radius 3 is 1.44 bits per heavy atom. The van der Waals surface area contributed by atoms with Crippen LogP contribution >= 0.6 is 0 Å². The van der Waals surface area contributed by atoms with E-state index in [2.05, 4.69) is 0 Å². The summed E-state index contributed by atoms with van der Waals surface area (Å²) in [4.78, 5) is 9.89. The first-order valence-corrected chi connectivity index (χ1v) is 6.46. The van der Waals surface area contributed by atoms with Gasteiger partial charge < -0.3 is 5.73 Å². The second-order valence-corrected chi connectivity index (χ2v) is 4.59. The van der Waals surface area contributed by atoms with Crippen LogP contribution in [0.15, 0.2) is 48.5 Å². The van der Waals surface area contributed by atoms with Gasteiger partial charge in [-0.1, -0.05) is 0 Å². The van der Waals surface area contributed by atoms with Crippen LogP contribution in [0, 0.1) is 0 Å². The van der Waals surface area contributed by atoms with Gasteiger partial charge in [0.15, 0.2) is 0 Å². The maximum atomic E-state index is 12.0. The van der Waals surface area contributed by atoms with E-state index in [0.717, 1.165) is 36.4 Å². The normalized spacial score (nSPS) is 11.3. The third kappa shape index (κ3) is 7.10. The average molecular weight is 368 g/mol. The monoisotopic (exact) mass is 368 g/mol. The molecule has 2 aromatic rings. The summed E-state index contributed by atoms with van der Waals surface area (Å²) in [6.45, 7) is 0. The molecule has 0 radical (unpaired) electrons. The number of benzene rings is 2. The first-order valence-electron chi connectivity index (χ1n) is 6.46. The Kier molecular flexibility index (Phi) is 6.37. The molecule has 0 aliphatic carbocycles. The van der Waals surface area contributed by atoms with Gasteiger partial charge in [-0.15, -0.1) is 4.39 Å². The molecule has 10 heteroatoms. The standard InChI is InChI=1S/C8H5F4NO.C7H6F3N/c9-7(14)13-6-3-1-5(2-4-6)8(10,11)12;8-7(9,10)5-1-3-6(11)4-2-5/h1-4H,(H,13,14);1-4H,11H2. The molecule has 25 heavy (non-hydrogen) atoms. The van der Waals surface area contributed by atoms with Crippen molar-refractivity contribution in [2.24, 2.45) is 0 Å². The number of nitrogens with one attached hydrogen (secondary N) is 1. The number of hydrogen-bond acceptors (Lipinski definition) is 2. The molecule has 0 spiro atoms. The Bertz CT molecular complexity index is 692. The van der Waals surface area contributed by atoms with Crippen LogP contribution < -0.4 is 11.1 Å². The van der Waals surface area contributed by atoms with Crippen molar-refractivity contribution < 1.29 is 35.5 Å². The van der Waals surface area contributed by atoms with Crippen LogP contribution in [-0.2, 0) is 12.4 Å². The fourth-order valence-corrected chi connectivity index (χ4v) is 1.53. The molecule has 0 saturated heterocycles. The fourth-order valence-electron chi connectivity index (χ4n) is 1.53. The highest BCUT2D eigenvalue weighted by Gasteiger charge is 2.30. The lowest BCUT2D eigenvalue weighted by Crippen LogP contribution is -2.06. The molecule has 0 saturated carbocycles. The SMILES string of the molecule is Nc1ccc(C(F)(F)F)cc1.O=C(F)Nc1ccc(C(F)(F)F)cc1. The first-order chi connectivity index (χ1) is 11.4. The average Bonchev–Trinajstić information content (AvgIpc) is 2.46.